The molecular formula is C28H48N2O23S. The molecule has 314 valence electrons. The first kappa shape index (κ1) is 44.8. The van der Waals surface area contributed by atoms with Crippen molar-refractivity contribution in [2.45, 2.75) is 143 Å². The van der Waals surface area contributed by atoms with Gasteiger partial charge in [0.15, 0.2) is 25.2 Å². The van der Waals surface area contributed by atoms with Gasteiger partial charge >= 0.3 is 10.4 Å². The van der Waals surface area contributed by atoms with Crippen LogP contribution in [0.1, 0.15) is 20.8 Å². The van der Waals surface area contributed by atoms with E-state index < -0.39 is 165 Å². The number of hydrogen-bond acceptors (Lipinski definition) is 22. The predicted octanol–water partition coefficient (Wildman–Crippen LogP) is -8.61. The van der Waals surface area contributed by atoms with Crippen LogP contribution >= 0.6 is 0 Å². The Kier molecular flexibility index (Phi) is 15.4. The van der Waals surface area contributed by atoms with Gasteiger partial charge in [0.2, 0.25) is 11.8 Å². The van der Waals surface area contributed by atoms with Gasteiger partial charge in [0.05, 0.1) is 25.9 Å². The molecule has 4 aliphatic rings. The third-order valence-electron chi connectivity index (χ3n) is 9.15. The third kappa shape index (κ3) is 10.5. The lowest BCUT2D eigenvalue weighted by Gasteiger charge is -2.48. The Morgan fingerprint density at radius 3 is 1.63 bits per heavy atom. The molecule has 0 radical (unpaired) electrons. The van der Waals surface area contributed by atoms with Crippen molar-refractivity contribution in [1.29, 1.82) is 0 Å². The summed E-state index contributed by atoms with van der Waals surface area (Å²) in [6.45, 7) is 0.667. The van der Waals surface area contributed by atoms with Crippen LogP contribution in [0.25, 0.3) is 0 Å². The Labute approximate surface area is 307 Å². The highest BCUT2D eigenvalue weighted by Crippen LogP contribution is 2.32. The summed E-state index contributed by atoms with van der Waals surface area (Å²) in [5.74, 6) is -1.53. The normalized spacial score (nSPS) is 46.1. The molecule has 0 bridgehead atoms. The number of hydrogen-bond donors (Lipinski definition) is 13. The van der Waals surface area contributed by atoms with E-state index in [9.17, 15) is 69.1 Å². The fourth-order valence-electron chi connectivity index (χ4n) is 6.33. The summed E-state index contributed by atoms with van der Waals surface area (Å²) in [6.07, 6.45) is -31.8. The smallest absolute Gasteiger partial charge is 0.394 e. The lowest BCUT2D eigenvalue weighted by molar-refractivity contribution is -0.352. The molecule has 13 N–H and O–H groups in total. The largest absolute Gasteiger partial charge is 0.397 e. The van der Waals surface area contributed by atoms with Crippen molar-refractivity contribution in [2.75, 3.05) is 19.8 Å². The van der Waals surface area contributed by atoms with Crippen molar-refractivity contribution in [1.82, 2.24) is 10.6 Å². The maximum atomic E-state index is 12.3. The van der Waals surface area contributed by atoms with Crippen molar-refractivity contribution in [3.05, 3.63) is 0 Å². The molecule has 54 heavy (non-hydrogen) atoms. The molecule has 4 aliphatic heterocycles. The maximum Gasteiger partial charge on any atom is 0.397 e. The fraction of sp³-hybridized carbons (Fsp3) is 0.929. The highest BCUT2D eigenvalue weighted by Gasteiger charge is 2.54. The molecule has 0 aromatic rings. The van der Waals surface area contributed by atoms with Crippen LogP contribution < -0.4 is 10.6 Å². The van der Waals surface area contributed by atoms with E-state index in [0.29, 0.717) is 0 Å². The highest BCUT2D eigenvalue weighted by atomic mass is 32.3. The zero-order chi connectivity index (χ0) is 40.4. The van der Waals surface area contributed by atoms with Crippen LogP contribution in [0.15, 0.2) is 0 Å². The molecule has 4 saturated heterocycles. The number of rotatable bonds is 13. The van der Waals surface area contributed by atoms with E-state index in [1.165, 1.54) is 6.92 Å². The quantitative estimate of drug-likeness (QED) is 0.0768. The average molecular weight is 813 g/mol. The molecule has 4 heterocycles. The fourth-order valence-corrected chi connectivity index (χ4v) is 6.63. The lowest BCUT2D eigenvalue weighted by atomic mass is 9.94. The predicted molar refractivity (Wildman–Crippen MR) is 166 cm³/mol. The Balaban J connectivity index is 1.60. The summed E-state index contributed by atoms with van der Waals surface area (Å²) in [7, 11) is -5.13. The first-order valence-electron chi connectivity index (χ1n) is 16.6. The minimum Gasteiger partial charge on any atom is -0.394 e. The first-order chi connectivity index (χ1) is 25.1. The Hall–Kier alpha value is -1.87. The second kappa shape index (κ2) is 18.6. The van der Waals surface area contributed by atoms with Gasteiger partial charge in [0.1, 0.15) is 91.4 Å². The summed E-state index contributed by atoms with van der Waals surface area (Å²) >= 11 is 0. The summed E-state index contributed by atoms with van der Waals surface area (Å²) < 4.78 is 75.5. The minimum atomic E-state index is -5.13. The molecule has 20 atom stereocenters. The maximum absolute atomic E-state index is 12.3. The van der Waals surface area contributed by atoms with Crippen LogP contribution in [0.4, 0.5) is 0 Å². The van der Waals surface area contributed by atoms with Crippen molar-refractivity contribution in [3.63, 3.8) is 0 Å². The molecule has 0 aromatic carbocycles. The monoisotopic (exact) mass is 812 g/mol. The van der Waals surface area contributed by atoms with Crippen LogP contribution in [0.5, 0.6) is 0 Å². The first-order valence-corrected chi connectivity index (χ1v) is 18.0. The summed E-state index contributed by atoms with van der Waals surface area (Å²) in [5, 5.41) is 110. The molecule has 1 unspecified atom stereocenters. The molecule has 2 amide bonds. The van der Waals surface area contributed by atoms with Gasteiger partial charge in [0, 0.05) is 13.8 Å². The van der Waals surface area contributed by atoms with E-state index in [-0.39, 0.29) is 0 Å². The van der Waals surface area contributed by atoms with Gasteiger partial charge < -0.3 is 94.9 Å². The highest BCUT2D eigenvalue weighted by molar-refractivity contribution is 7.80. The zero-order valence-corrected chi connectivity index (χ0v) is 29.7. The minimum absolute atomic E-state index is 0.744. The van der Waals surface area contributed by atoms with Crippen molar-refractivity contribution >= 4 is 22.2 Å². The number of carbonyl (C=O) groups is 2. The Bertz CT molecular complexity index is 1360. The van der Waals surface area contributed by atoms with E-state index in [1.807, 2.05) is 0 Å². The van der Waals surface area contributed by atoms with Crippen LogP contribution in [-0.4, -0.2) is 218 Å². The van der Waals surface area contributed by atoms with Gasteiger partial charge in [-0.15, -0.1) is 0 Å². The number of ether oxygens (including phenoxy) is 7. The number of amides is 2. The van der Waals surface area contributed by atoms with Crippen LogP contribution in [-0.2, 0) is 57.3 Å². The summed E-state index contributed by atoms with van der Waals surface area (Å²) in [5.41, 5.74) is 0. The lowest BCUT2D eigenvalue weighted by Crippen LogP contribution is -2.69. The van der Waals surface area contributed by atoms with Gasteiger partial charge in [-0.25, -0.2) is 4.18 Å². The molecule has 0 aliphatic carbocycles. The van der Waals surface area contributed by atoms with Crippen molar-refractivity contribution < 1.29 is 111 Å². The standard InChI is InChI=1S/C28H48N2O23S/c1-7-15(34)19(38)21(40)27(48-7)53-24-14(30-9(3)33)26(51-12(18(24)37)6-47-54(43,44)45)46-5-11-17(36)23(13(25(42)49-11)29-8(2)32)52-28-22(41)20(39)16(35)10(4-31)50-28/h7,10-28,31,34-42H,4-6H2,1-3H3,(H,29,32)(H,30,33)(H,43,44,45)/t7-,10+,11+,12+,13+,14+,15+,16-,17-,18+,19+,20-,21-,22+,23+,24+,25?,26+,27-,28-/m0/s1. The van der Waals surface area contributed by atoms with Crippen molar-refractivity contribution in [3.8, 4) is 0 Å². The van der Waals surface area contributed by atoms with Gasteiger partial charge in [0.25, 0.3) is 0 Å². The SMILES string of the molecule is CC(=O)N[C@H]1[C@H](OC[C@H]2OC(O)[C@H](NC(C)=O)[C@@H](O[C@@H]3O[C@H](CO)[C@H](O)[C@H](O)[C@H]3O)[C@H]2O)O[C@H](COS(=O)(=O)O)[C@@H](O)[C@@H]1O[C@@H]1O[C@@H](C)[C@@H](O)[C@@H](O)[C@@H]1O. The molecule has 4 rings (SSSR count). The Morgan fingerprint density at radius 1 is 0.611 bits per heavy atom. The number of carbonyl (C=O) groups excluding carboxylic acids is 2. The van der Waals surface area contributed by atoms with E-state index in [0.717, 1.165) is 13.8 Å². The second-order valence-electron chi connectivity index (χ2n) is 13.2. The topological polar surface area (TPSA) is 389 Å². The molecule has 25 nitrogen and oxygen atoms in total. The summed E-state index contributed by atoms with van der Waals surface area (Å²) in [6, 6.07) is -3.18. The van der Waals surface area contributed by atoms with Crippen molar-refractivity contribution in [2.24, 2.45) is 0 Å². The Morgan fingerprint density at radius 2 is 1.09 bits per heavy atom. The number of aliphatic hydroxyl groups is 10. The molecular weight excluding hydrogens is 764 g/mol. The van der Waals surface area contributed by atoms with Gasteiger partial charge in [-0.2, -0.15) is 8.42 Å². The van der Waals surface area contributed by atoms with Crippen LogP contribution in [0, 0.1) is 0 Å². The second-order valence-corrected chi connectivity index (χ2v) is 14.3. The molecule has 0 saturated carbocycles. The van der Waals surface area contributed by atoms with E-state index in [2.05, 4.69) is 14.8 Å². The van der Waals surface area contributed by atoms with E-state index >= 15 is 0 Å². The van der Waals surface area contributed by atoms with Gasteiger partial charge in [-0.05, 0) is 6.92 Å². The van der Waals surface area contributed by atoms with Gasteiger partial charge in [-0.3, -0.25) is 14.1 Å². The van der Waals surface area contributed by atoms with Crippen LogP contribution in [0.3, 0.4) is 0 Å². The molecule has 0 aromatic heterocycles. The number of nitrogens with one attached hydrogen (secondary N) is 2. The molecule has 26 heteroatoms. The zero-order valence-electron chi connectivity index (χ0n) is 28.9. The van der Waals surface area contributed by atoms with Gasteiger partial charge in [-0.1, -0.05) is 0 Å². The molecule has 0 spiro atoms. The summed E-state index contributed by atoms with van der Waals surface area (Å²) in [4.78, 5) is 24.3. The molecule has 4 fully saturated rings. The number of aliphatic hydroxyl groups excluding tert-OH is 10. The van der Waals surface area contributed by atoms with E-state index in [1.54, 1.807) is 0 Å². The van der Waals surface area contributed by atoms with E-state index in [4.69, 9.17) is 37.7 Å². The third-order valence-corrected chi connectivity index (χ3v) is 9.59. The van der Waals surface area contributed by atoms with Crippen LogP contribution in [0.2, 0.25) is 0 Å². The average Bonchev–Trinajstić information content (AvgIpc) is 3.09.